The summed E-state index contributed by atoms with van der Waals surface area (Å²) < 4.78 is 9.06. The molecule has 55 heavy (non-hydrogen) atoms. The second-order valence-electron chi connectivity index (χ2n) is 14.1. The highest BCUT2D eigenvalue weighted by Gasteiger charge is 2.16. The summed E-state index contributed by atoms with van der Waals surface area (Å²) in [7, 11) is 0. The summed E-state index contributed by atoms with van der Waals surface area (Å²) in [6, 6.07) is 72.1. The molecule has 11 aromatic rings. The number of nitrogens with zero attached hydrogens (tertiary/aromatic N) is 1. The van der Waals surface area contributed by atoms with Crippen molar-refractivity contribution in [1.29, 1.82) is 0 Å². The lowest BCUT2D eigenvalue weighted by Gasteiger charge is -2.26. The molecule has 0 aliphatic carbocycles. The number of rotatable bonds is 6. The van der Waals surface area contributed by atoms with Crippen molar-refractivity contribution in [3.05, 3.63) is 200 Å². The molecule has 0 saturated carbocycles. The van der Waals surface area contributed by atoms with E-state index < -0.39 is 0 Å². The van der Waals surface area contributed by atoms with Crippen molar-refractivity contribution in [1.82, 2.24) is 0 Å². The van der Waals surface area contributed by atoms with E-state index in [-0.39, 0.29) is 0 Å². The van der Waals surface area contributed by atoms with Crippen molar-refractivity contribution in [2.45, 2.75) is 0 Å². The van der Waals surface area contributed by atoms with Crippen LogP contribution in [-0.4, -0.2) is 0 Å². The number of anilines is 3. The molecule has 11 rings (SSSR count). The quantitative estimate of drug-likeness (QED) is 0.170. The number of fused-ring (bicyclic) bond motifs is 8. The van der Waals surface area contributed by atoms with Gasteiger partial charge in [0.15, 0.2) is 0 Å². The molecule has 2 nitrogen and oxygen atoms in total. The van der Waals surface area contributed by atoms with E-state index in [0.717, 1.165) is 50.1 Å². The molecule has 0 N–H and O–H groups in total. The summed E-state index contributed by atoms with van der Waals surface area (Å²) in [4.78, 5) is 2.34. The summed E-state index contributed by atoms with van der Waals surface area (Å²) in [6.07, 6.45) is 0. The lowest BCUT2D eigenvalue weighted by atomic mass is 10.0. The normalized spacial score (nSPS) is 11.6. The molecule has 2 aromatic heterocycles. The van der Waals surface area contributed by atoms with Crippen molar-refractivity contribution < 1.29 is 4.42 Å². The molecule has 0 saturated heterocycles. The summed E-state index contributed by atoms with van der Waals surface area (Å²) in [6.45, 7) is 0. The van der Waals surface area contributed by atoms with E-state index in [1.54, 1.807) is 0 Å². The second-order valence-corrected chi connectivity index (χ2v) is 15.2. The molecular formula is C52H33NOS. The van der Waals surface area contributed by atoms with Crippen molar-refractivity contribution in [3.8, 4) is 33.4 Å². The van der Waals surface area contributed by atoms with Crippen molar-refractivity contribution >= 4 is 81.3 Å². The summed E-state index contributed by atoms with van der Waals surface area (Å²) in [5, 5.41) is 7.53. The maximum atomic E-state index is 6.40. The predicted molar refractivity (Wildman–Crippen MR) is 235 cm³/mol. The molecular weight excluding hydrogens is 687 g/mol. The molecule has 0 radical (unpaired) electrons. The SMILES string of the molecule is c1ccc(-c2ccc(N(c3ccc(-c4ccc5c(c4)sc4c6ccccc6ccc54)cc3)c3ccc(-c4cccc5c4oc4ccccc45)cc3)cc2)cc1. The lowest BCUT2D eigenvalue weighted by molar-refractivity contribution is 0.670. The zero-order chi connectivity index (χ0) is 36.3. The first kappa shape index (κ1) is 31.6. The van der Waals surface area contributed by atoms with Gasteiger partial charge in [0.2, 0.25) is 0 Å². The van der Waals surface area contributed by atoms with Crippen LogP contribution in [0.1, 0.15) is 0 Å². The lowest BCUT2D eigenvalue weighted by Crippen LogP contribution is -2.09. The van der Waals surface area contributed by atoms with Gasteiger partial charge in [0.05, 0.1) is 0 Å². The van der Waals surface area contributed by atoms with Gasteiger partial charge < -0.3 is 9.32 Å². The first-order valence-electron chi connectivity index (χ1n) is 18.7. The van der Waals surface area contributed by atoms with Gasteiger partial charge in [-0.2, -0.15) is 0 Å². The molecule has 2 heterocycles. The van der Waals surface area contributed by atoms with E-state index in [9.17, 15) is 0 Å². The van der Waals surface area contributed by atoms with Gasteiger partial charge in [0.1, 0.15) is 11.2 Å². The van der Waals surface area contributed by atoms with Crippen LogP contribution in [0.4, 0.5) is 17.1 Å². The monoisotopic (exact) mass is 719 g/mol. The third-order valence-electron chi connectivity index (χ3n) is 10.9. The number of hydrogen-bond acceptors (Lipinski definition) is 3. The Morgan fingerprint density at radius 3 is 1.67 bits per heavy atom. The predicted octanol–water partition coefficient (Wildman–Crippen LogP) is 15.6. The first-order chi connectivity index (χ1) is 27.2. The van der Waals surface area contributed by atoms with E-state index >= 15 is 0 Å². The maximum Gasteiger partial charge on any atom is 0.143 e. The fourth-order valence-electron chi connectivity index (χ4n) is 8.13. The van der Waals surface area contributed by atoms with Gasteiger partial charge in [-0.05, 0) is 87.1 Å². The van der Waals surface area contributed by atoms with Crippen LogP contribution in [0.15, 0.2) is 205 Å². The molecule has 0 bridgehead atoms. The van der Waals surface area contributed by atoms with Crippen LogP contribution in [0.25, 0.3) is 86.3 Å². The molecule has 258 valence electrons. The van der Waals surface area contributed by atoms with E-state index in [2.05, 4.69) is 193 Å². The van der Waals surface area contributed by atoms with Gasteiger partial charge >= 0.3 is 0 Å². The van der Waals surface area contributed by atoms with Gasteiger partial charge in [-0.15, -0.1) is 11.3 Å². The van der Waals surface area contributed by atoms with Gasteiger partial charge in [-0.25, -0.2) is 0 Å². The van der Waals surface area contributed by atoms with Crippen molar-refractivity contribution in [3.63, 3.8) is 0 Å². The highest BCUT2D eigenvalue weighted by Crippen LogP contribution is 2.42. The maximum absolute atomic E-state index is 6.40. The molecule has 0 aliphatic rings. The van der Waals surface area contributed by atoms with E-state index in [0.29, 0.717) is 0 Å². The van der Waals surface area contributed by atoms with Crippen LogP contribution in [0, 0.1) is 0 Å². The minimum atomic E-state index is 0.910. The first-order valence-corrected chi connectivity index (χ1v) is 19.5. The average molecular weight is 720 g/mol. The van der Waals surface area contributed by atoms with Crippen molar-refractivity contribution in [2.75, 3.05) is 4.90 Å². The molecule has 9 aromatic carbocycles. The zero-order valence-electron chi connectivity index (χ0n) is 29.8. The highest BCUT2D eigenvalue weighted by molar-refractivity contribution is 7.26. The molecule has 0 unspecified atom stereocenters. The van der Waals surface area contributed by atoms with Crippen LogP contribution >= 0.6 is 11.3 Å². The Morgan fingerprint density at radius 2 is 0.927 bits per heavy atom. The van der Waals surface area contributed by atoms with Crippen LogP contribution in [0.2, 0.25) is 0 Å². The second kappa shape index (κ2) is 12.9. The van der Waals surface area contributed by atoms with Crippen LogP contribution < -0.4 is 4.90 Å². The number of thiophene rings is 1. The fourth-order valence-corrected chi connectivity index (χ4v) is 9.41. The van der Waals surface area contributed by atoms with Crippen LogP contribution in [0.5, 0.6) is 0 Å². The van der Waals surface area contributed by atoms with Crippen LogP contribution in [-0.2, 0) is 0 Å². The Hall–Kier alpha value is -6.94. The summed E-state index contributed by atoms with van der Waals surface area (Å²) in [5.41, 5.74) is 12.1. The third-order valence-corrected chi connectivity index (χ3v) is 12.1. The van der Waals surface area contributed by atoms with Crippen LogP contribution in [0.3, 0.4) is 0 Å². The summed E-state index contributed by atoms with van der Waals surface area (Å²) in [5.74, 6) is 0. The Labute approximate surface area is 322 Å². The third kappa shape index (κ3) is 5.40. The van der Waals surface area contributed by atoms with Gasteiger partial charge in [0, 0.05) is 53.6 Å². The number of benzene rings is 9. The Balaban J connectivity index is 0.974. The van der Waals surface area contributed by atoms with Crippen molar-refractivity contribution in [2.24, 2.45) is 0 Å². The fraction of sp³-hybridized carbons (Fsp3) is 0. The van der Waals surface area contributed by atoms with E-state index in [4.69, 9.17) is 4.42 Å². The Kier molecular flexibility index (Phi) is 7.39. The van der Waals surface area contributed by atoms with E-state index in [1.807, 2.05) is 23.5 Å². The van der Waals surface area contributed by atoms with Gasteiger partial charge in [-0.1, -0.05) is 152 Å². The molecule has 0 atom stereocenters. The molecule has 0 aliphatic heterocycles. The average Bonchev–Trinajstić information content (AvgIpc) is 3.83. The molecule has 0 spiro atoms. The number of hydrogen-bond donors (Lipinski definition) is 0. The van der Waals surface area contributed by atoms with Gasteiger partial charge in [-0.3, -0.25) is 0 Å². The van der Waals surface area contributed by atoms with Gasteiger partial charge in [0.25, 0.3) is 0 Å². The minimum absolute atomic E-state index is 0.910. The standard InChI is InChI=1S/C52H33NOS/c1-2-9-34(10-3-1)35-17-25-40(26-18-35)53(42-29-21-38(22-30-42)43-14-8-15-47-45-13-6-7-16-49(45)54-51(43)47)41-27-19-36(20-28-41)39-24-31-46-48-32-23-37-11-4-5-12-44(37)52(48)55-50(46)33-39/h1-33H. The topological polar surface area (TPSA) is 16.4 Å². The minimum Gasteiger partial charge on any atom is -0.455 e. The smallest absolute Gasteiger partial charge is 0.143 e. The molecule has 3 heteroatoms. The number of furan rings is 1. The Bertz CT molecular complexity index is 3170. The van der Waals surface area contributed by atoms with E-state index in [1.165, 1.54) is 53.2 Å². The molecule has 0 amide bonds. The summed E-state index contributed by atoms with van der Waals surface area (Å²) >= 11 is 1.89. The zero-order valence-corrected chi connectivity index (χ0v) is 30.6. The molecule has 0 fully saturated rings. The largest absolute Gasteiger partial charge is 0.455 e. The highest BCUT2D eigenvalue weighted by atomic mass is 32.1. The number of para-hydroxylation sites is 2. The Morgan fingerprint density at radius 1 is 0.364 bits per heavy atom.